The first-order valence-electron chi connectivity index (χ1n) is 16.7. The van der Waals surface area contributed by atoms with Crippen LogP contribution in [-0.4, -0.2) is 38.3 Å². The molecule has 5 aliphatic rings. The molecule has 2 fully saturated rings. The molecule has 2 amide bonds. The molecule has 51 heavy (non-hydrogen) atoms. The maximum atomic E-state index is 16.2. The lowest BCUT2D eigenvalue weighted by Crippen LogP contribution is -2.45. The third kappa shape index (κ3) is 3.67. The van der Waals surface area contributed by atoms with Crippen molar-refractivity contribution in [2.24, 2.45) is 11.8 Å². The summed E-state index contributed by atoms with van der Waals surface area (Å²) in [6, 6.07) is 36.9. The molecule has 3 heterocycles. The van der Waals surface area contributed by atoms with Gasteiger partial charge in [-0.2, -0.15) is 0 Å². The van der Waals surface area contributed by atoms with Crippen LogP contribution in [0.15, 0.2) is 121 Å². The van der Waals surface area contributed by atoms with Crippen LogP contribution in [0.2, 0.25) is 0 Å². The maximum absolute atomic E-state index is 16.2. The smallest absolute Gasteiger partial charge is 0.239 e. The van der Waals surface area contributed by atoms with Crippen molar-refractivity contribution in [3.8, 4) is 28.7 Å². The van der Waals surface area contributed by atoms with Gasteiger partial charge in [0.15, 0.2) is 28.8 Å². The zero-order valence-corrected chi connectivity index (χ0v) is 27.3. The molecule has 1 saturated heterocycles. The van der Waals surface area contributed by atoms with Crippen molar-refractivity contribution in [2.45, 2.75) is 10.8 Å². The van der Waals surface area contributed by atoms with Crippen molar-refractivity contribution in [2.75, 3.05) is 25.6 Å². The minimum absolute atomic E-state index is 0.0675. The van der Waals surface area contributed by atoms with Crippen LogP contribution in [0.1, 0.15) is 22.3 Å². The Morgan fingerprint density at radius 3 is 1.47 bits per heavy atom. The Bertz CT molecular complexity index is 2200. The summed E-state index contributed by atoms with van der Waals surface area (Å²) in [7, 11) is 1.56. The molecule has 0 unspecified atom stereocenters. The second-order valence-electron chi connectivity index (χ2n) is 13.2. The standard InChI is InChI=1S/C42H29NO8/c1-47-29-16-14-28(15-17-29)43-38(44)36-37(39(43)45)42(27-10-6-3-7-11-27)35(25-13-19-31-33(21-25)51-23-49-31)34(24-12-18-30-32(20-24)50-22-48-30)41(36,40(42)46)26-8-4-2-5-9-26/h2-21,36-37H,22-23H2,1H3/t36-,37-,41-,42-/m0/s1. The average Bonchev–Trinajstić information content (AvgIpc) is 3.98. The molecular weight excluding hydrogens is 646 g/mol. The van der Waals surface area contributed by atoms with E-state index in [0.29, 0.717) is 67.8 Å². The lowest BCUT2D eigenvalue weighted by molar-refractivity contribution is -0.130. The van der Waals surface area contributed by atoms with Crippen molar-refractivity contribution < 1.29 is 38.1 Å². The van der Waals surface area contributed by atoms with E-state index in [4.69, 9.17) is 23.7 Å². The number of imide groups is 1. The number of hydrogen-bond acceptors (Lipinski definition) is 8. The summed E-state index contributed by atoms with van der Waals surface area (Å²) in [4.78, 5) is 47.9. The number of methoxy groups -OCH3 is 1. The van der Waals surface area contributed by atoms with Crippen LogP contribution >= 0.6 is 0 Å². The van der Waals surface area contributed by atoms with E-state index in [1.807, 2.05) is 97.1 Å². The molecule has 3 aliphatic heterocycles. The van der Waals surface area contributed by atoms with E-state index in [-0.39, 0.29) is 19.4 Å². The monoisotopic (exact) mass is 675 g/mol. The highest BCUT2D eigenvalue weighted by Gasteiger charge is 2.82. The third-order valence-corrected chi connectivity index (χ3v) is 11.1. The summed E-state index contributed by atoms with van der Waals surface area (Å²) in [6.45, 7) is 0.135. The Labute approximate surface area is 292 Å². The number of ether oxygens (including phenoxy) is 5. The molecule has 2 aliphatic carbocycles. The van der Waals surface area contributed by atoms with Gasteiger partial charge in [-0.15, -0.1) is 0 Å². The molecule has 5 aromatic rings. The number of Topliss-reactive ketones (excluding diaryl/α,β-unsaturated/α-hetero) is 1. The second-order valence-corrected chi connectivity index (χ2v) is 13.2. The van der Waals surface area contributed by atoms with E-state index in [0.717, 1.165) is 0 Å². The molecule has 1 saturated carbocycles. The molecule has 2 bridgehead atoms. The average molecular weight is 676 g/mol. The molecule has 4 atom stereocenters. The fourth-order valence-corrected chi connectivity index (χ4v) is 9.21. The fraction of sp³-hybridized carbons (Fsp3) is 0.167. The molecule has 10 rings (SSSR count). The number of amides is 2. The molecular formula is C42H29NO8. The van der Waals surface area contributed by atoms with Gasteiger partial charge in [-0.1, -0.05) is 72.8 Å². The summed E-state index contributed by atoms with van der Waals surface area (Å²) < 4.78 is 28.5. The number of hydrogen-bond donors (Lipinski definition) is 0. The van der Waals surface area contributed by atoms with Gasteiger partial charge in [0.25, 0.3) is 0 Å². The first-order chi connectivity index (χ1) is 25.0. The summed E-state index contributed by atoms with van der Waals surface area (Å²) in [5.41, 5.74) is 1.16. The normalized spacial score (nSPS) is 25.2. The molecule has 0 spiro atoms. The van der Waals surface area contributed by atoms with Gasteiger partial charge in [-0.3, -0.25) is 14.4 Å². The highest BCUT2D eigenvalue weighted by Crippen LogP contribution is 2.74. The molecule has 9 heteroatoms. The predicted molar refractivity (Wildman–Crippen MR) is 186 cm³/mol. The largest absolute Gasteiger partial charge is 0.497 e. The molecule has 0 aromatic heterocycles. The van der Waals surface area contributed by atoms with Gasteiger partial charge in [0, 0.05) is 0 Å². The number of rotatable bonds is 6. The van der Waals surface area contributed by atoms with E-state index in [1.165, 1.54) is 4.90 Å². The van der Waals surface area contributed by atoms with Crippen molar-refractivity contribution >= 4 is 34.4 Å². The fourth-order valence-electron chi connectivity index (χ4n) is 9.21. The van der Waals surface area contributed by atoms with Crippen LogP contribution < -0.4 is 28.6 Å². The minimum atomic E-state index is -1.57. The van der Waals surface area contributed by atoms with E-state index in [1.54, 1.807) is 31.4 Å². The number of benzene rings is 5. The quantitative estimate of drug-likeness (QED) is 0.192. The van der Waals surface area contributed by atoms with Crippen molar-refractivity contribution in [3.63, 3.8) is 0 Å². The Hall–Kier alpha value is -6.35. The van der Waals surface area contributed by atoms with Crippen LogP contribution in [0.25, 0.3) is 11.1 Å². The molecule has 250 valence electrons. The van der Waals surface area contributed by atoms with E-state index < -0.39 is 34.5 Å². The lowest BCUT2D eigenvalue weighted by atomic mass is 9.59. The van der Waals surface area contributed by atoms with Gasteiger partial charge in [-0.05, 0) is 81.9 Å². The van der Waals surface area contributed by atoms with Crippen LogP contribution in [-0.2, 0) is 25.2 Å². The number of carbonyl (C=O) groups excluding carboxylic acids is 3. The highest BCUT2D eigenvalue weighted by molar-refractivity contribution is 6.39. The first-order valence-corrected chi connectivity index (χ1v) is 16.7. The summed E-state index contributed by atoms with van der Waals surface area (Å²) in [5, 5.41) is 0. The van der Waals surface area contributed by atoms with E-state index >= 15 is 14.4 Å². The lowest BCUT2D eigenvalue weighted by Gasteiger charge is -2.39. The number of ketones is 1. The summed E-state index contributed by atoms with van der Waals surface area (Å²) >= 11 is 0. The molecule has 9 nitrogen and oxygen atoms in total. The summed E-state index contributed by atoms with van der Waals surface area (Å²) in [6.07, 6.45) is 0. The van der Waals surface area contributed by atoms with Crippen molar-refractivity contribution in [1.29, 1.82) is 0 Å². The van der Waals surface area contributed by atoms with E-state index in [9.17, 15) is 0 Å². The SMILES string of the molecule is COc1ccc(N2C(=O)[C@@H]3[C@@H](C2=O)[C@@]2(c4ccccc4)C(=O)[C@@]3(c3ccccc3)C(c3ccc4c(c3)OCO4)=C2c2ccc3c(c2)OCO3)cc1. The topological polar surface area (TPSA) is 101 Å². The second kappa shape index (κ2) is 10.6. The van der Waals surface area contributed by atoms with E-state index in [2.05, 4.69) is 0 Å². The molecule has 0 radical (unpaired) electrons. The summed E-state index contributed by atoms with van der Waals surface area (Å²) in [5.74, 6) is -0.418. The third-order valence-electron chi connectivity index (χ3n) is 11.1. The van der Waals surface area contributed by atoms with Crippen molar-refractivity contribution in [1.82, 2.24) is 0 Å². The van der Waals surface area contributed by atoms with Gasteiger partial charge in [-0.25, -0.2) is 4.90 Å². The minimum Gasteiger partial charge on any atom is -0.497 e. The number of allylic oxidation sites excluding steroid dienone is 2. The van der Waals surface area contributed by atoms with Crippen LogP contribution in [0.4, 0.5) is 5.69 Å². The van der Waals surface area contributed by atoms with Gasteiger partial charge in [0.2, 0.25) is 25.4 Å². The van der Waals surface area contributed by atoms with Gasteiger partial charge < -0.3 is 23.7 Å². The zero-order chi connectivity index (χ0) is 34.5. The highest BCUT2D eigenvalue weighted by atomic mass is 16.7. The van der Waals surface area contributed by atoms with Gasteiger partial charge in [0.05, 0.1) is 35.5 Å². The van der Waals surface area contributed by atoms with Crippen molar-refractivity contribution in [3.05, 3.63) is 144 Å². The Morgan fingerprint density at radius 1 is 0.569 bits per heavy atom. The van der Waals surface area contributed by atoms with Crippen LogP contribution in [0.5, 0.6) is 28.7 Å². The van der Waals surface area contributed by atoms with Crippen LogP contribution in [0, 0.1) is 11.8 Å². The molecule has 0 N–H and O–H groups in total. The predicted octanol–water partition coefficient (Wildman–Crippen LogP) is 6.34. The Morgan fingerprint density at radius 2 is 1.02 bits per heavy atom. The van der Waals surface area contributed by atoms with Crippen LogP contribution in [0.3, 0.4) is 0 Å². The Kier molecular flexibility index (Phi) is 6.13. The van der Waals surface area contributed by atoms with Gasteiger partial charge in [0.1, 0.15) is 5.75 Å². The number of nitrogens with zero attached hydrogens (tertiary/aromatic N) is 1. The van der Waals surface area contributed by atoms with Gasteiger partial charge >= 0.3 is 0 Å². The molecule has 5 aromatic carbocycles. The number of carbonyl (C=O) groups is 3. The Balaban J connectivity index is 1.35. The number of fused-ring (bicyclic) bond motifs is 7. The number of anilines is 1. The first kappa shape index (κ1) is 29.6. The maximum Gasteiger partial charge on any atom is 0.239 e. The zero-order valence-electron chi connectivity index (χ0n) is 27.3.